The van der Waals surface area contributed by atoms with Gasteiger partial charge in [-0.25, -0.2) is 13.2 Å². The van der Waals surface area contributed by atoms with Crippen molar-refractivity contribution < 1.29 is 31.1 Å². The van der Waals surface area contributed by atoms with Crippen molar-refractivity contribution >= 4 is 33.2 Å². The highest BCUT2D eigenvalue weighted by Gasteiger charge is 2.33. The van der Waals surface area contributed by atoms with E-state index in [-0.39, 0.29) is 22.0 Å². The molecule has 1 aromatic heterocycles. The van der Waals surface area contributed by atoms with Gasteiger partial charge in [0, 0.05) is 35.2 Å². The monoisotopic (exact) mass is 499 g/mol. The number of hydrogen-bond donors (Lipinski definition) is 2. The molecule has 0 radical (unpaired) electrons. The van der Waals surface area contributed by atoms with Gasteiger partial charge in [-0.1, -0.05) is 23.7 Å². The summed E-state index contributed by atoms with van der Waals surface area (Å²) in [6.45, 7) is 0.246. The molecule has 0 aliphatic heterocycles. The number of sulfone groups is 1. The number of alkyl halides is 3. The first-order valence-electron chi connectivity index (χ1n) is 9.32. The predicted octanol–water partition coefficient (Wildman–Crippen LogP) is 4.93. The van der Waals surface area contributed by atoms with Gasteiger partial charge in [-0.15, -0.1) is 13.2 Å². The van der Waals surface area contributed by atoms with E-state index in [2.05, 4.69) is 20.4 Å². The van der Waals surface area contributed by atoms with Gasteiger partial charge in [-0.3, -0.25) is 4.98 Å². The van der Waals surface area contributed by atoms with Crippen molar-refractivity contribution in [3.8, 4) is 5.75 Å². The van der Waals surface area contributed by atoms with Crippen molar-refractivity contribution in [2.75, 3.05) is 5.32 Å². The number of carbonyl (C=O) groups excluding carboxylic acids is 1. The van der Waals surface area contributed by atoms with Gasteiger partial charge in [0.05, 0.1) is 10.6 Å². The first-order chi connectivity index (χ1) is 15.5. The van der Waals surface area contributed by atoms with E-state index in [1.54, 1.807) is 24.5 Å². The van der Waals surface area contributed by atoms with Crippen LogP contribution in [0.2, 0.25) is 5.02 Å². The van der Waals surface area contributed by atoms with Gasteiger partial charge in [-0.05, 0) is 48.0 Å². The largest absolute Gasteiger partial charge is 0.573 e. The summed E-state index contributed by atoms with van der Waals surface area (Å²) in [7, 11) is -4.02. The summed E-state index contributed by atoms with van der Waals surface area (Å²) in [5, 5.41) is 5.15. The fourth-order valence-electron chi connectivity index (χ4n) is 2.76. The number of urea groups is 1. The number of nitrogens with one attached hydrogen (secondary N) is 2. The van der Waals surface area contributed by atoms with Gasteiger partial charge in [0.2, 0.25) is 0 Å². The molecule has 174 valence electrons. The van der Waals surface area contributed by atoms with E-state index < -0.39 is 33.7 Å². The summed E-state index contributed by atoms with van der Waals surface area (Å²) in [6.07, 6.45) is -1.80. The molecule has 7 nitrogen and oxygen atoms in total. The molecule has 0 atom stereocenters. The molecule has 0 unspecified atom stereocenters. The van der Waals surface area contributed by atoms with Gasteiger partial charge in [-0.2, -0.15) is 0 Å². The minimum atomic E-state index is -5.01. The smallest absolute Gasteiger partial charge is 0.405 e. The summed E-state index contributed by atoms with van der Waals surface area (Å²) in [5.74, 6) is -1.43. The minimum Gasteiger partial charge on any atom is -0.405 e. The van der Waals surface area contributed by atoms with Crippen molar-refractivity contribution in [2.45, 2.75) is 23.6 Å². The Morgan fingerprint density at radius 2 is 1.82 bits per heavy atom. The molecular weight excluding hydrogens is 483 g/mol. The normalized spacial score (nSPS) is 11.6. The Bertz CT molecular complexity index is 1220. The maximum Gasteiger partial charge on any atom is 0.573 e. The Morgan fingerprint density at radius 1 is 1.09 bits per heavy atom. The van der Waals surface area contributed by atoms with Crippen LogP contribution in [-0.2, 0) is 22.1 Å². The van der Waals surface area contributed by atoms with E-state index in [0.29, 0.717) is 5.69 Å². The van der Waals surface area contributed by atoms with Crippen LogP contribution in [0.1, 0.15) is 11.1 Å². The lowest BCUT2D eigenvalue weighted by molar-refractivity contribution is -0.274. The fraction of sp³-hybridized carbons (Fsp3) is 0.143. The van der Waals surface area contributed by atoms with Crippen LogP contribution in [0.5, 0.6) is 5.75 Å². The van der Waals surface area contributed by atoms with Crippen molar-refractivity contribution in [3.63, 3.8) is 0 Å². The summed E-state index contributed by atoms with van der Waals surface area (Å²) in [6, 6.07) is 11.6. The Labute approximate surface area is 192 Å². The van der Waals surface area contributed by atoms with E-state index in [0.717, 1.165) is 17.7 Å². The van der Waals surface area contributed by atoms with Crippen molar-refractivity contribution in [1.29, 1.82) is 0 Å². The second-order valence-corrected chi connectivity index (χ2v) is 9.18. The molecule has 0 aliphatic rings. The van der Waals surface area contributed by atoms with E-state index in [9.17, 15) is 26.4 Å². The van der Waals surface area contributed by atoms with E-state index >= 15 is 0 Å². The predicted molar refractivity (Wildman–Crippen MR) is 116 cm³/mol. The van der Waals surface area contributed by atoms with E-state index in [4.69, 9.17) is 11.6 Å². The number of anilines is 1. The summed E-state index contributed by atoms with van der Waals surface area (Å²) < 4.78 is 67.3. The van der Waals surface area contributed by atoms with Crippen LogP contribution in [0, 0.1) is 0 Å². The van der Waals surface area contributed by atoms with Crippen LogP contribution in [0.3, 0.4) is 0 Å². The highest BCUT2D eigenvalue weighted by Crippen LogP contribution is 2.31. The zero-order chi connectivity index (χ0) is 24.1. The third-order valence-electron chi connectivity index (χ3n) is 4.25. The van der Waals surface area contributed by atoms with Crippen molar-refractivity contribution in [3.05, 3.63) is 83.1 Å². The van der Waals surface area contributed by atoms with Gasteiger partial charge < -0.3 is 15.4 Å². The molecule has 3 aromatic rings. The molecule has 0 saturated carbocycles. The first-order valence-corrected chi connectivity index (χ1v) is 11.4. The molecule has 0 spiro atoms. The average Bonchev–Trinajstić information content (AvgIpc) is 2.74. The van der Waals surface area contributed by atoms with Gasteiger partial charge in [0.15, 0.2) is 9.84 Å². The van der Waals surface area contributed by atoms with Crippen LogP contribution in [0.4, 0.5) is 23.7 Å². The molecule has 2 N–H and O–H groups in total. The number of benzene rings is 2. The first kappa shape index (κ1) is 24.3. The Hall–Kier alpha value is -3.31. The topological polar surface area (TPSA) is 97.4 Å². The molecule has 1 heterocycles. The third-order valence-corrected chi connectivity index (χ3v) is 6.16. The number of ether oxygens (including phenoxy) is 1. The zero-order valence-electron chi connectivity index (χ0n) is 16.8. The van der Waals surface area contributed by atoms with Crippen LogP contribution in [0.25, 0.3) is 0 Å². The SMILES string of the molecule is O=C(NCc1cccnc1)Nc1ccc(S(=O)(=O)Cc2ccc(Cl)cc2OC(F)(F)F)cc1. The average molecular weight is 500 g/mol. The number of pyridine rings is 1. The standard InChI is InChI=1S/C21H17ClF3N3O4S/c22-16-4-3-15(19(10-16)32-21(23,24)25)13-33(30,31)18-7-5-17(6-8-18)28-20(29)27-12-14-2-1-9-26-11-14/h1-11H,12-13H2,(H2,27,28,29). The maximum absolute atomic E-state index is 12.7. The number of rotatable bonds is 7. The maximum atomic E-state index is 12.7. The number of nitrogens with zero attached hydrogens (tertiary/aromatic N) is 1. The van der Waals surface area contributed by atoms with E-state index in [1.807, 2.05) is 0 Å². The second kappa shape index (κ2) is 10.1. The van der Waals surface area contributed by atoms with Gasteiger partial charge in [0.25, 0.3) is 0 Å². The molecular formula is C21H17ClF3N3O4S. The second-order valence-electron chi connectivity index (χ2n) is 6.75. The lowest BCUT2D eigenvalue weighted by Gasteiger charge is -2.14. The molecule has 2 aromatic carbocycles. The molecule has 33 heavy (non-hydrogen) atoms. The molecule has 2 amide bonds. The highest BCUT2D eigenvalue weighted by atomic mass is 35.5. The molecule has 0 saturated heterocycles. The molecule has 3 rings (SSSR count). The minimum absolute atomic E-state index is 0.0346. The third kappa shape index (κ3) is 7.36. The van der Waals surface area contributed by atoms with Gasteiger partial charge in [0.1, 0.15) is 5.75 Å². The van der Waals surface area contributed by atoms with Crippen LogP contribution in [-0.4, -0.2) is 25.8 Å². The van der Waals surface area contributed by atoms with Crippen LogP contribution < -0.4 is 15.4 Å². The number of halogens is 4. The number of aromatic nitrogens is 1. The molecule has 0 fully saturated rings. The lowest BCUT2D eigenvalue weighted by atomic mass is 10.2. The van der Waals surface area contributed by atoms with Crippen molar-refractivity contribution in [1.82, 2.24) is 10.3 Å². The van der Waals surface area contributed by atoms with Crippen molar-refractivity contribution in [2.24, 2.45) is 0 Å². The molecule has 0 aliphatic carbocycles. The highest BCUT2D eigenvalue weighted by molar-refractivity contribution is 7.90. The Morgan fingerprint density at radius 3 is 2.45 bits per heavy atom. The van der Waals surface area contributed by atoms with Crippen LogP contribution in [0.15, 0.2) is 71.9 Å². The number of amides is 2. The summed E-state index contributed by atoms with van der Waals surface area (Å²) in [5.41, 5.74) is 0.920. The Kier molecular flexibility index (Phi) is 7.44. The summed E-state index contributed by atoms with van der Waals surface area (Å²) in [4.78, 5) is 15.8. The van der Waals surface area contributed by atoms with E-state index in [1.165, 1.54) is 30.3 Å². The van der Waals surface area contributed by atoms with Gasteiger partial charge >= 0.3 is 12.4 Å². The number of carbonyl (C=O) groups is 1. The zero-order valence-corrected chi connectivity index (χ0v) is 18.3. The lowest BCUT2D eigenvalue weighted by Crippen LogP contribution is -2.28. The Balaban J connectivity index is 1.67. The van der Waals surface area contributed by atoms with Crippen LogP contribution >= 0.6 is 11.6 Å². The number of hydrogen-bond acceptors (Lipinski definition) is 5. The fourth-order valence-corrected chi connectivity index (χ4v) is 4.29. The summed E-state index contributed by atoms with van der Waals surface area (Å²) >= 11 is 5.71. The molecule has 12 heteroatoms. The molecule has 0 bridgehead atoms. The quantitative estimate of drug-likeness (QED) is 0.480.